The zero-order chi connectivity index (χ0) is 14.0. The molecular formula is C15H25NO3. The lowest BCUT2D eigenvalue weighted by molar-refractivity contribution is -0.140. The zero-order valence-electron chi connectivity index (χ0n) is 12.0. The van der Waals surface area contributed by atoms with Crippen molar-refractivity contribution in [3.05, 3.63) is 0 Å². The first-order valence-corrected chi connectivity index (χ1v) is 7.49. The number of hydrogen-bond donors (Lipinski definition) is 1. The summed E-state index contributed by atoms with van der Waals surface area (Å²) in [4.78, 5) is 25.2. The summed E-state index contributed by atoms with van der Waals surface area (Å²) in [5.41, 5.74) is -0.227. The van der Waals surface area contributed by atoms with E-state index in [4.69, 9.17) is 5.11 Å². The highest BCUT2D eigenvalue weighted by molar-refractivity contribution is 5.79. The smallest absolute Gasteiger partial charge is 0.303 e. The Labute approximate surface area is 115 Å². The fourth-order valence-corrected chi connectivity index (χ4v) is 3.20. The molecule has 2 aliphatic rings. The Balaban J connectivity index is 1.91. The van der Waals surface area contributed by atoms with Gasteiger partial charge in [-0.15, -0.1) is 0 Å². The van der Waals surface area contributed by atoms with E-state index in [2.05, 4.69) is 6.92 Å². The van der Waals surface area contributed by atoms with Gasteiger partial charge in [-0.3, -0.25) is 9.59 Å². The molecule has 0 radical (unpaired) electrons. The van der Waals surface area contributed by atoms with Gasteiger partial charge in [-0.2, -0.15) is 0 Å². The van der Waals surface area contributed by atoms with Crippen molar-refractivity contribution in [3.63, 3.8) is 0 Å². The second-order valence-corrected chi connectivity index (χ2v) is 6.36. The lowest BCUT2D eigenvalue weighted by atomic mass is 9.79. The summed E-state index contributed by atoms with van der Waals surface area (Å²) in [5.74, 6) is 0.0274. The molecule has 2 rings (SSSR count). The molecule has 1 amide bonds. The highest BCUT2D eigenvalue weighted by Gasteiger charge is 2.47. The molecule has 0 aromatic heterocycles. The van der Waals surface area contributed by atoms with Crippen LogP contribution in [0.4, 0.5) is 0 Å². The highest BCUT2D eigenvalue weighted by Crippen LogP contribution is 2.52. The molecule has 0 aromatic rings. The minimum atomic E-state index is -0.777. The minimum Gasteiger partial charge on any atom is -0.481 e. The van der Waals surface area contributed by atoms with Gasteiger partial charge in [0.2, 0.25) is 5.91 Å². The van der Waals surface area contributed by atoms with E-state index < -0.39 is 5.97 Å². The maximum Gasteiger partial charge on any atom is 0.303 e. The first kappa shape index (κ1) is 14.4. The largest absolute Gasteiger partial charge is 0.481 e. The van der Waals surface area contributed by atoms with Crippen LogP contribution in [0.15, 0.2) is 0 Å². The van der Waals surface area contributed by atoms with Crippen molar-refractivity contribution < 1.29 is 14.7 Å². The van der Waals surface area contributed by atoms with E-state index in [1.54, 1.807) is 0 Å². The summed E-state index contributed by atoms with van der Waals surface area (Å²) in [6, 6.07) is 0.312. The number of carboxylic acid groups (broad SMARTS) is 1. The minimum absolute atomic E-state index is 0.147. The molecule has 108 valence electrons. The normalized spacial score (nSPS) is 22.4. The van der Waals surface area contributed by atoms with Gasteiger partial charge in [0.1, 0.15) is 0 Å². The van der Waals surface area contributed by atoms with Gasteiger partial charge in [0.05, 0.1) is 6.42 Å². The molecule has 0 spiro atoms. The van der Waals surface area contributed by atoms with Gasteiger partial charge in [0.25, 0.3) is 0 Å². The van der Waals surface area contributed by atoms with Crippen LogP contribution in [0.5, 0.6) is 0 Å². The molecule has 0 aromatic carbocycles. The highest BCUT2D eigenvalue weighted by atomic mass is 16.4. The molecule has 0 heterocycles. The molecule has 1 unspecified atom stereocenters. The van der Waals surface area contributed by atoms with Gasteiger partial charge in [0, 0.05) is 19.0 Å². The summed E-state index contributed by atoms with van der Waals surface area (Å²) >= 11 is 0. The van der Waals surface area contributed by atoms with E-state index in [9.17, 15) is 9.59 Å². The molecule has 4 nitrogen and oxygen atoms in total. The van der Waals surface area contributed by atoms with Crippen LogP contribution in [-0.4, -0.2) is 34.5 Å². The Morgan fingerprint density at radius 1 is 1.32 bits per heavy atom. The third-order valence-electron chi connectivity index (χ3n) is 4.99. The fourth-order valence-electron chi connectivity index (χ4n) is 3.20. The van der Waals surface area contributed by atoms with Crippen molar-refractivity contribution in [1.82, 2.24) is 4.90 Å². The van der Waals surface area contributed by atoms with Crippen molar-refractivity contribution in [1.29, 1.82) is 0 Å². The molecule has 1 atom stereocenters. The maximum atomic E-state index is 12.4. The topological polar surface area (TPSA) is 57.6 Å². The summed E-state index contributed by atoms with van der Waals surface area (Å²) in [5, 5.41) is 8.92. The van der Waals surface area contributed by atoms with Crippen LogP contribution >= 0.6 is 0 Å². The Hall–Kier alpha value is -1.06. The maximum absolute atomic E-state index is 12.4. The Bertz CT molecular complexity index is 358. The van der Waals surface area contributed by atoms with Gasteiger partial charge in [-0.05, 0) is 50.9 Å². The number of aliphatic carboxylic acids is 1. The zero-order valence-corrected chi connectivity index (χ0v) is 12.0. The molecule has 4 heteroatoms. The quantitative estimate of drug-likeness (QED) is 0.771. The average Bonchev–Trinajstić information content (AvgIpc) is 2.94. The standard InChI is InChI=1S/C15H25NO3/c1-3-16(11(2)12-5-4-6-12)13(17)9-15(7-8-15)10-14(18)19/h11-12H,3-10H2,1-2H3,(H,18,19). The number of carboxylic acids is 1. The molecule has 2 aliphatic carbocycles. The van der Waals surface area contributed by atoms with Crippen LogP contribution in [0.3, 0.4) is 0 Å². The van der Waals surface area contributed by atoms with E-state index in [1.807, 2.05) is 11.8 Å². The van der Waals surface area contributed by atoms with Crippen LogP contribution in [-0.2, 0) is 9.59 Å². The predicted octanol–water partition coefficient (Wildman–Crippen LogP) is 2.67. The molecule has 2 fully saturated rings. The van der Waals surface area contributed by atoms with Crippen LogP contribution in [0.25, 0.3) is 0 Å². The SMILES string of the molecule is CCN(C(=O)CC1(CC(=O)O)CC1)C(C)C1CCC1. The van der Waals surface area contributed by atoms with Gasteiger partial charge in [0.15, 0.2) is 0 Å². The third-order valence-corrected chi connectivity index (χ3v) is 4.99. The number of hydrogen-bond acceptors (Lipinski definition) is 2. The Kier molecular flexibility index (Phi) is 4.16. The Morgan fingerprint density at radius 3 is 2.32 bits per heavy atom. The summed E-state index contributed by atoms with van der Waals surface area (Å²) in [6.07, 6.45) is 6.08. The van der Waals surface area contributed by atoms with Crippen molar-refractivity contribution in [3.8, 4) is 0 Å². The molecule has 0 saturated heterocycles. The molecular weight excluding hydrogens is 242 g/mol. The second kappa shape index (κ2) is 5.51. The summed E-state index contributed by atoms with van der Waals surface area (Å²) in [6.45, 7) is 4.89. The molecule has 0 bridgehead atoms. The van der Waals surface area contributed by atoms with Gasteiger partial charge in [-0.25, -0.2) is 0 Å². The van der Waals surface area contributed by atoms with E-state index in [0.717, 1.165) is 19.4 Å². The van der Waals surface area contributed by atoms with E-state index in [0.29, 0.717) is 18.4 Å². The van der Waals surface area contributed by atoms with E-state index in [1.165, 1.54) is 19.3 Å². The van der Waals surface area contributed by atoms with Crippen molar-refractivity contribution in [2.24, 2.45) is 11.3 Å². The van der Waals surface area contributed by atoms with Crippen LogP contribution in [0.2, 0.25) is 0 Å². The van der Waals surface area contributed by atoms with Crippen LogP contribution < -0.4 is 0 Å². The monoisotopic (exact) mass is 267 g/mol. The first-order valence-electron chi connectivity index (χ1n) is 7.49. The third kappa shape index (κ3) is 3.28. The lowest BCUT2D eigenvalue weighted by Crippen LogP contribution is -2.45. The fraction of sp³-hybridized carbons (Fsp3) is 0.867. The first-order chi connectivity index (χ1) is 8.97. The van der Waals surface area contributed by atoms with E-state index in [-0.39, 0.29) is 17.7 Å². The predicted molar refractivity (Wildman–Crippen MR) is 72.7 cm³/mol. The second-order valence-electron chi connectivity index (χ2n) is 6.36. The van der Waals surface area contributed by atoms with Crippen LogP contribution in [0, 0.1) is 11.3 Å². The number of nitrogens with zero attached hydrogens (tertiary/aromatic N) is 1. The molecule has 19 heavy (non-hydrogen) atoms. The van der Waals surface area contributed by atoms with Gasteiger partial charge in [-0.1, -0.05) is 6.42 Å². The molecule has 1 N–H and O–H groups in total. The summed E-state index contributed by atoms with van der Waals surface area (Å²) < 4.78 is 0. The number of carbonyl (C=O) groups is 2. The van der Waals surface area contributed by atoms with Gasteiger partial charge >= 0.3 is 5.97 Å². The van der Waals surface area contributed by atoms with Gasteiger partial charge < -0.3 is 10.0 Å². The van der Waals surface area contributed by atoms with Crippen molar-refractivity contribution in [2.45, 2.75) is 64.8 Å². The number of rotatable bonds is 7. The van der Waals surface area contributed by atoms with Crippen molar-refractivity contribution in [2.75, 3.05) is 6.54 Å². The van der Waals surface area contributed by atoms with E-state index >= 15 is 0 Å². The average molecular weight is 267 g/mol. The number of carbonyl (C=O) groups excluding carboxylic acids is 1. The lowest BCUT2D eigenvalue weighted by Gasteiger charge is -2.39. The summed E-state index contributed by atoms with van der Waals surface area (Å²) in [7, 11) is 0. The van der Waals surface area contributed by atoms with Crippen LogP contribution in [0.1, 0.15) is 58.8 Å². The number of amides is 1. The van der Waals surface area contributed by atoms with Crippen molar-refractivity contribution >= 4 is 11.9 Å². The molecule has 2 saturated carbocycles. The molecule has 0 aliphatic heterocycles. The Morgan fingerprint density at radius 2 is 1.95 bits per heavy atom.